The van der Waals surface area contributed by atoms with Crippen LogP contribution in [-0.2, 0) is 4.79 Å². The Morgan fingerprint density at radius 2 is 1.40 bits per heavy atom. The van der Waals surface area contributed by atoms with E-state index in [0.717, 1.165) is 11.1 Å². The van der Waals surface area contributed by atoms with Gasteiger partial charge in [-0.3, -0.25) is 0 Å². The van der Waals surface area contributed by atoms with Gasteiger partial charge in [-0.15, -0.1) is 13.2 Å². The third-order valence-corrected chi connectivity index (χ3v) is 2.46. The third-order valence-electron chi connectivity index (χ3n) is 2.46. The molecule has 0 bridgehead atoms. The van der Waals surface area contributed by atoms with Crippen molar-refractivity contribution in [3.8, 4) is 16.9 Å². The van der Waals surface area contributed by atoms with Crippen molar-refractivity contribution in [3.05, 3.63) is 48.5 Å². The second-order valence-corrected chi connectivity index (χ2v) is 3.82. The molecule has 0 saturated carbocycles. The van der Waals surface area contributed by atoms with E-state index >= 15 is 0 Å². The van der Waals surface area contributed by atoms with Crippen LogP contribution in [0.5, 0.6) is 5.75 Å². The minimum absolute atomic E-state index is 0.275. The van der Waals surface area contributed by atoms with Crippen LogP contribution in [0.3, 0.4) is 0 Å². The average Bonchev–Trinajstić information content (AvgIpc) is 2.39. The molecule has 0 aliphatic rings. The van der Waals surface area contributed by atoms with Crippen molar-refractivity contribution < 1.29 is 22.7 Å². The first-order valence-electron chi connectivity index (χ1n) is 5.52. The number of hydrogen-bond acceptors (Lipinski definition) is 3. The van der Waals surface area contributed by atoms with Gasteiger partial charge in [-0.25, -0.2) is 4.79 Å². The molecular formula is C14H8F3NO2. The van der Waals surface area contributed by atoms with Crippen LogP contribution in [0.15, 0.2) is 53.5 Å². The standard InChI is InChI=1S/C14H8F3NO2/c15-14(16,17)20-13-7-3-11(4-8-13)10-1-5-12(6-2-10)18-9-19/h1-8H. The summed E-state index contributed by atoms with van der Waals surface area (Å²) in [6.45, 7) is 0. The summed E-state index contributed by atoms with van der Waals surface area (Å²) < 4.78 is 39.8. The first-order chi connectivity index (χ1) is 9.48. The number of hydrogen-bond donors (Lipinski definition) is 0. The molecule has 0 unspecified atom stereocenters. The summed E-state index contributed by atoms with van der Waals surface area (Å²) in [7, 11) is 0. The number of halogens is 3. The minimum atomic E-state index is -4.70. The fourth-order valence-corrected chi connectivity index (χ4v) is 1.63. The number of rotatable bonds is 3. The van der Waals surface area contributed by atoms with Gasteiger partial charge in [0.25, 0.3) is 0 Å². The monoisotopic (exact) mass is 279 g/mol. The van der Waals surface area contributed by atoms with Gasteiger partial charge in [-0.2, -0.15) is 4.99 Å². The molecule has 20 heavy (non-hydrogen) atoms. The van der Waals surface area contributed by atoms with Crippen LogP contribution >= 0.6 is 0 Å². The first kappa shape index (κ1) is 13.8. The summed E-state index contributed by atoms with van der Waals surface area (Å²) in [5.41, 5.74) is 1.97. The van der Waals surface area contributed by atoms with E-state index in [4.69, 9.17) is 0 Å². The Balaban J connectivity index is 2.19. The fraction of sp³-hybridized carbons (Fsp3) is 0.0714. The van der Waals surface area contributed by atoms with Crippen LogP contribution in [0.2, 0.25) is 0 Å². The summed E-state index contributed by atoms with van der Waals surface area (Å²) in [4.78, 5) is 13.5. The second kappa shape index (κ2) is 5.59. The summed E-state index contributed by atoms with van der Waals surface area (Å²) in [5.74, 6) is -0.275. The zero-order valence-corrected chi connectivity index (χ0v) is 10.0. The lowest BCUT2D eigenvalue weighted by molar-refractivity contribution is -0.274. The summed E-state index contributed by atoms with van der Waals surface area (Å²) in [6.07, 6.45) is -3.27. The van der Waals surface area contributed by atoms with E-state index in [2.05, 4.69) is 9.73 Å². The molecule has 2 aromatic carbocycles. The van der Waals surface area contributed by atoms with Gasteiger partial charge in [0.1, 0.15) is 5.75 Å². The molecule has 0 aromatic heterocycles. The molecule has 3 nitrogen and oxygen atoms in total. The molecule has 0 saturated heterocycles. The second-order valence-electron chi connectivity index (χ2n) is 3.82. The van der Waals surface area contributed by atoms with Crippen LogP contribution < -0.4 is 4.74 Å². The number of nitrogens with zero attached hydrogens (tertiary/aromatic N) is 1. The summed E-state index contributed by atoms with van der Waals surface area (Å²) >= 11 is 0. The molecule has 102 valence electrons. The van der Waals surface area contributed by atoms with Crippen molar-refractivity contribution in [1.82, 2.24) is 0 Å². The van der Waals surface area contributed by atoms with E-state index in [1.807, 2.05) is 0 Å². The van der Waals surface area contributed by atoms with Crippen molar-refractivity contribution in [1.29, 1.82) is 0 Å². The van der Waals surface area contributed by atoms with Gasteiger partial charge in [0.05, 0.1) is 5.69 Å². The smallest absolute Gasteiger partial charge is 0.406 e. The number of aliphatic imine (C=N–C) groups is 1. The maximum absolute atomic E-state index is 12.0. The molecule has 2 aromatic rings. The van der Waals surface area contributed by atoms with Gasteiger partial charge in [0.2, 0.25) is 6.08 Å². The normalized spacial score (nSPS) is 10.8. The Kier molecular flexibility index (Phi) is 3.86. The van der Waals surface area contributed by atoms with Crippen LogP contribution in [-0.4, -0.2) is 12.4 Å². The molecule has 0 aliphatic carbocycles. The van der Waals surface area contributed by atoms with Crippen molar-refractivity contribution in [2.45, 2.75) is 6.36 Å². The average molecular weight is 279 g/mol. The highest BCUT2D eigenvalue weighted by Crippen LogP contribution is 2.27. The van der Waals surface area contributed by atoms with Crippen molar-refractivity contribution in [2.75, 3.05) is 0 Å². The lowest BCUT2D eigenvalue weighted by Crippen LogP contribution is -2.16. The zero-order chi connectivity index (χ0) is 14.6. The minimum Gasteiger partial charge on any atom is -0.406 e. The summed E-state index contributed by atoms with van der Waals surface area (Å²) in [6, 6.07) is 12.1. The predicted octanol–water partition coefficient (Wildman–Crippen LogP) is 4.22. The van der Waals surface area contributed by atoms with Crippen LogP contribution in [0.1, 0.15) is 0 Å². The highest BCUT2D eigenvalue weighted by atomic mass is 19.4. The third kappa shape index (κ3) is 3.70. The molecule has 0 spiro atoms. The Bertz CT molecular complexity index is 627. The fourth-order valence-electron chi connectivity index (χ4n) is 1.63. The number of benzene rings is 2. The number of alkyl halides is 3. The Morgan fingerprint density at radius 1 is 0.900 bits per heavy atom. The summed E-state index contributed by atoms with van der Waals surface area (Å²) in [5, 5.41) is 0. The molecule has 6 heteroatoms. The Labute approximate surface area is 112 Å². The highest BCUT2D eigenvalue weighted by Gasteiger charge is 2.30. The SMILES string of the molecule is O=C=Nc1ccc(-c2ccc(OC(F)(F)F)cc2)cc1. The van der Waals surface area contributed by atoms with Gasteiger partial charge in [-0.1, -0.05) is 24.3 Å². The molecule has 0 N–H and O–H groups in total. The molecule has 0 amide bonds. The first-order valence-corrected chi connectivity index (χ1v) is 5.52. The number of ether oxygens (including phenoxy) is 1. The van der Waals surface area contributed by atoms with Gasteiger partial charge in [0.15, 0.2) is 0 Å². The topological polar surface area (TPSA) is 38.7 Å². The molecule has 0 atom stereocenters. The van der Waals surface area contributed by atoms with Gasteiger partial charge in [-0.05, 0) is 35.4 Å². The van der Waals surface area contributed by atoms with Gasteiger partial charge < -0.3 is 4.74 Å². The molecular weight excluding hydrogens is 271 g/mol. The Hall–Kier alpha value is -2.59. The van der Waals surface area contributed by atoms with Crippen molar-refractivity contribution in [3.63, 3.8) is 0 Å². The van der Waals surface area contributed by atoms with E-state index in [9.17, 15) is 18.0 Å². The van der Waals surface area contributed by atoms with E-state index in [1.165, 1.54) is 30.3 Å². The number of isocyanates is 1. The van der Waals surface area contributed by atoms with Crippen LogP contribution in [0.25, 0.3) is 11.1 Å². The highest BCUT2D eigenvalue weighted by molar-refractivity contribution is 5.66. The molecule has 0 aliphatic heterocycles. The van der Waals surface area contributed by atoms with Crippen LogP contribution in [0, 0.1) is 0 Å². The van der Waals surface area contributed by atoms with Gasteiger partial charge in [0, 0.05) is 0 Å². The lowest BCUT2D eigenvalue weighted by Gasteiger charge is -2.09. The van der Waals surface area contributed by atoms with E-state index < -0.39 is 6.36 Å². The molecule has 0 radical (unpaired) electrons. The molecule has 2 rings (SSSR count). The van der Waals surface area contributed by atoms with E-state index in [1.54, 1.807) is 24.3 Å². The molecule has 0 fully saturated rings. The predicted molar refractivity (Wildman–Crippen MR) is 66.3 cm³/mol. The quantitative estimate of drug-likeness (QED) is 0.623. The van der Waals surface area contributed by atoms with Gasteiger partial charge >= 0.3 is 6.36 Å². The number of carbonyl (C=O) groups excluding carboxylic acids is 1. The largest absolute Gasteiger partial charge is 0.573 e. The Morgan fingerprint density at radius 3 is 1.85 bits per heavy atom. The van der Waals surface area contributed by atoms with E-state index in [0.29, 0.717) is 5.69 Å². The lowest BCUT2D eigenvalue weighted by atomic mass is 10.1. The maximum Gasteiger partial charge on any atom is 0.573 e. The van der Waals surface area contributed by atoms with Crippen molar-refractivity contribution in [2.24, 2.45) is 4.99 Å². The molecule has 0 heterocycles. The maximum atomic E-state index is 12.0. The van der Waals surface area contributed by atoms with Crippen molar-refractivity contribution >= 4 is 11.8 Å². The van der Waals surface area contributed by atoms with E-state index in [-0.39, 0.29) is 5.75 Å². The zero-order valence-electron chi connectivity index (χ0n) is 10.0. The van der Waals surface area contributed by atoms with Crippen LogP contribution in [0.4, 0.5) is 18.9 Å².